The molecule has 114 valence electrons. The molecule has 2 aromatic rings. The second-order valence-electron chi connectivity index (χ2n) is 4.75. The van der Waals surface area contributed by atoms with Gasteiger partial charge in [-0.2, -0.15) is 0 Å². The molecule has 0 saturated carbocycles. The Morgan fingerprint density at radius 2 is 1.41 bits per heavy atom. The predicted molar refractivity (Wildman–Crippen MR) is 79.5 cm³/mol. The summed E-state index contributed by atoms with van der Waals surface area (Å²) in [5, 5.41) is 4.35. The molecule has 2 amide bonds. The summed E-state index contributed by atoms with van der Waals surface area (Å²) in [4.78, 5) is 23.6. The van der Waals surface area contributed by atoms with E-state index < -0.39 is 29.1 Å². The van der Waals surface area contributed by atoms with E-state index >= 15 is 0 Å². The van der Waals surface area contributed by atoms with Gasteiger partial charge in [0.25, 0.3) is 0 Å². The maximum atomic E-state index is 13.4. The van der Waals surface area contributed by atoms with Crippen LogP contribution in [0.5, 0.6) is 0 Å². The maximum absolute atomic E-state index is 13.4. The number of halogens is 2. The summed E-state index contributed by atoms with van der Waals surface area (Å²) in [6.45, 7) is 3.65. The molecule has 0 aliphatic rings. The van der Waals surface area contributed by atoms with Gasteiger partial charge in [-0.05, 0) is 43.2 Å². The predicted octanol–water partition coefficient (Wildman–Crippen LogP) is 3.16. The minimum absolute atomic E-state index is 0.467. The lowest BCUT2D eigenvalue weighted by Gasteiger charge is -2.11. The molecular weight excluding hydrogens is 290 g/mol. The Balaban J connectivity index is 2.13. The molecule has 22 heavy (non-hydrogen) atoms. The van der Waals surface area contributed by atoms with Crippen molar-refractivity contribution < 1.29 is 18.4 Å². The number of amides is 2. The number of anilines is 2. The lowest BCUT2D eigenvalue weighted by molar-refractivity contribution is -0.133. The highest BCUT2D eigenvalue weighted by atomic mass is 19.1. The van der Waals surface area contributed by atoms with E-state index in [2.05, 4.69) is 5.32 Å². The van der Waals surface area contributed by atoms with Crippen molar-refractivity contribution in [3.05, 3.63) is 59.2 Å². The van der Waals surface area contributed by atoms with Gasteiger partial charge in [-0.1, -0.05) is 18.2 Å². The van der Waals surface area contributed by atoms with Crippen LogP contribution in [0.3, 0.4) is 0 Å². The van der Waals surface area contributed by atoms with Crippen molar-refractivity contribution in [2.75, 3.05) is 10.6 Å². The topological polar surface area (TPSA) is 58.2 Å². The number of carbonyl (C=O) groups excluding carboxylic acids is 2. The minimum Gasteiger partial charge on any atom is -0.318 e. The second-order valence-corrected chi connectivity index (χ2v) is 4.75. The van der Waals surface area contributed by atoms with Gasteiger partial charge in [-0.15, -0.1) is 0 Å². The fraction of sp³-hybridized carbons (Fsp3) is 0.125. The average Bonchev–Trinajstić information content (AvgIpc) is 2.47. The van der Waals surface area contributed by atoms with E-state index in [1.54, 1.807) is 19.1 Å². The highest BCUT2D eigenvalue weighted by molar-refractivity contribution is 6.43. The molecule has 0 saturated heterocycles. The van der Waals surface area contributed by atoms with Crippen molar-refractivity contribution >= 4 is 23.2 Å². The van der Waals surface area contributed by atoms with Gasteiger partial charge in [0.1, 0.15) is 17.3 Å². The Morgan fingerprint density at radius 1 is 0.864 bits per heavy atom. The number of hydrogen-bond acceptors (Lipinski definition) is 2. The Morgan fingerprint density at radius 3 is 2.05 bits per heavy atom. The Hall–Kier alpha value is -2.76. The van der Waals surface area contributed by atoms with Crippen LogP contribution < -0.4 is 10.6 Å². The second kappa shape index (κ2) is 6.34. The Labute approximate surface area is 126 Å². The molecule has 0 aliphatic heterocycles. The fourth-order valence-electron chi connectivity index (χ4n) is 1.85. The first kappa shape index (κ1) is 15.6. The number of aryl methyl sites for hydroxylation is 1. The molecule has 2 aromatic carbocycles. The van der Waals surface area contributed by atoms with Crippen molar-refractivity contribution in [3.8, 4) is 0 Å². The van der Waals surface area contributed by atoms with Crippen molar-refractivity contribution in [3.63, 3.8) is 0 Å². The fourth-order valence-corrected chi connectivity index (χ4v) is 1.85. The molecule has 0 atom stereocenters. The summed E-state index contributed by atoms with van der Waals surface area (Å²) >= 11 is 0. The number of carbonyl (C=O) groups is 2. The van der Waals surface area contributed by atoms with Gasteiger partial charge in [-0.25, -0.2) is 8.78 Å². The molecule has 6 heteroatoms. The molecule has 2 rings (SSSR count). The van der Waals surface area contributed by atoms with E-state index in [4.69, 9.17) is 0 Å². The summed E-state index contributed by atoms with van der Waals surface area (Å²) in [6.07, 6.45) is 0. The van der Waals surface area contributed by atoms with Crippen LogP contribution >= 0.6 is 0 Å². The van der Waals surface area contributed by atoms with Crippen LogP contribution in [0, 0.1) is 25.5 Å². The number of nitrogens with one attached hydrogen (secondary N) is 2. The van der Waals surface area contributed by atoms with Crippen LogP contribution in [0.1, 0.15) is 11.1 Å². The first-order valence-electron chi connectivity index (χ1n) is 6.52. The van der Waals surface area contributed by atoms with E-state index in [9.17, 15) is 18.4 Å². The third kappa shape index (κ3) is 3.28. The molecule has 0 aromatic heterocycles. The van der Waals surface area contributed by atoms with Gasteiger partial charge in [0, 0.05) is 5.69 Å². The van der Waals surface area contributed by atoms with Crippen LogP contribution in [0.2, 0.25) is 0 Å². The molecule has 2 N–H and O–H groups in total. The third-order valence-corrected chi connectivity index (χ3v) is 3.26. The number of rotatable bonds is 2. The molecular formula is C16H14F2N2O2. The monoisotopic (exact) mass is 304 g/mol. The summed E-state index contributed by atoms with van der Waals surface area (Å²) in [6, 6.07) is 8.36. The maximum Gasteiger partial charge on any atom is 0.314 e. The lowest BCUT2D eigenvalue weighted by atomic mass is 10.1. The zero-order valence-electron chi connectivity index (χ0n) is 12.0. The van der Waals surface area contributed by atoms with Gasteiger partial charge in [0.15, 0.2) is 0 Å². The third-order valence-electron chi connectivity index (χ3n) is 3.26. The summed E-state index contributed by atoms with van der Waals surface area (Å²) in [5.74, 6) is -4.05. The first-order valence-corrected chi connectivity index (χ1v) is 6.52. The summed E-state index contributed by atoms with van der Waals surface area (Å²) in [5.41, 5.74) is 1.57. The number of para-hydroxylation sites is 1. The van der Waals surface area contributed by atoms with E-state index in [0.717, 1.165) is 29.3 Å². The van der Waals surface area contributed by atoms with Crippen LogP contribution in [0.4, 0.5) is 20.2 Å². The molecule has 0 spiro atoms. The normalized spacial score (nSPS) is 10.2. The zero-order valence-corrected chi connectivity index (χ0v) is 12.0. The summed E-state index contributed by atoms with van der Waals surface area (Å²) in [7, 11) is 0. The van der Waals surface area contributed by atoms with Crippen molar-refractivity contribution in [1.82, 2.24) is 0 Å². The highest BCUT2D eigenvalue weighted by Gasteiger charge is 2.19. The van der Waals surface area contributed by atoms with Crippen LogP contribution in [0.15, 0.2) is 36.4 Å². The Bertz CT molecular complexity index is 725. The van der Waals surface area contributed by atoms with Crippen LogP contribution in [0.25, 0.3) is 0 Å². The smallest absolute Gasteiger partial charge is 0.314 e. The van der Waals surface area contributed by atoms with Crippen LogP contribution in [-0.2, 0) is 9.59 Å². The van der Waals surface area contributed by atoms with Crippen LogP contribution in [-0.4, -0.2) is 11.8 Å². The van der Waals surface area contributed by atoms with Gasteiger partial charge >= 0.3 is 11.8 Å². The highest BCUT2D eigenvalue weighted by Crippen LogP contribution is 2.19. The molecule has 0 fully saturated rings. The van der Waals surface area contributed by atoms with Crippen molar-refractivity contribution in [2.24, 2.45) is 0 Å². The molecule has 0 aliphatic carbocycles. The molecule has 0 bridgehead atoms. The molecule has 0 heterocycles. The van der Waals surface area contributed by atoms with E-state index in [-0.39, 0.29) is 0 Å². The standard InChI is InChI=1S/C16H14F2N2O2/c1-9-5-3-8-13(10(9)2)19-15(21)16(22)20-14-11(17)6-4-7-12(14)18/h3-8H,1-2H3,(H,19,21)(H,20,22). The van der Waals surface area contributed by atoms with Gasteiger partial charge in [0.2, 0.25) is 0 Å². The lowest BCUT2D eigenvalue weighted by Crippen LogP contribution is -2.30. The van der Waals surface area contributed by atoms with E-state index in [1.165, 1.54) is 0 Å². The Kier molecular flexibility index (Phi) is 4.50. The number of hydrogen-bond donors (Lipinski definition) is 2. The average molecular weight is 304 g/mol. The van der Waals surface area contributed by atoms with Gasteiger partial charge in [0.05, 0.1) is 0 Å². The van der Waals surface area contributed by atoms with Crippen molar-refractivity contribution in [1.29, 1.82) is 0 Å². The quantitative estimate of drug-likeness (QED) is 0.837. The zero-order chi connectivity index (χ0) is 16.3. The van der Waals surface area contributed by atoms with Gasteiger partial charge < -0.3 is 10.6 Å². The van der Waals surface area contributed by atoms with E-state index in [0.29, 0.717) is 5.69 Å². The molecule has 0 unspecified atom stereocenters. The largest absolute Gasteiger partial charge is 0.318 e. The molecule has 4 nitrogen and oxygen atoms in total. The minimum atomic E-state index is -1.15. The van der Waals surface area contributed by atoms with E-state index in [1.807, 2.05) is 18.3 Å². The number of benzene rings is 2. The summed E-state index contributed by atoms with van der Waals surface area (Å²) < 4.78 is 26.9. The van der Waals surface area contributed by atoms with Gasteiger partial charge in [-0.3, -0.25) is 9.59 Å². The molecule has 0 radical (unpaired) electrons. The SMILES string of the molecule is Cc1cccc(NC(=O)C(=O)Nc2c(F)cccc2F)c1C. The first-order chi connectivity index (χ1) is 10.4. The van der Waals surface area contributed by atoms with Crippen molar-refractivity contribution in [2.45, 2.75) is 13.8 Å².